The molecule has 0 atom stereocenters. The first-order valence-corrected chi connectivity index (χ1v) is 15.4. The zero-order chi connectivity index (χ0) is 28.4. The van der Waals surface area contributed by atoms with Gasteiger partial charge >= 0.3 is 0 Å². The standard InChI is InChI=1S/C40H30N2O/c1-6-22-40(23-7-1)33-12-4-5-13-36(33)43-37-21-17-28(25-34(37)40)29-18-19-32(31-11-3-2-10-30(29)31)35-20-16-27-15-14-26-9-8-24-41-38(26)39(27)42-35/h2-5,8-21,24-25H,1,6-7,22-23H2. The largest absolute Gasteiger partial charge is 0.457 e. The fraction of sp³-hybridized carbons (Fsp3) is 0.150. The molecular weight excluding hydrogens is 524 g/mol. The van der Waals surface area contributed by atoms with Crippen LogP contribution in [0, 0.1) is 0 Å². The first-order valence-electron chi connectivity index (χ1n) is 15.4. The van der Waals surface area contributed by atoms with Crippen molar-refractivity contribution in [3.63, 3.8) is 0 Å². The summed E-state index contributed by atoms with van der Waals surface area (Å²) in [7, 11) is 0. The molecule has 0 saturated heterocycles. The first kappa shape index (κ1) is 24.6. The zero-order valence-corrected chi connectivity index (χ0v) is 23.9. The van der Waals surface area contributed by atoms with Crippen molar-refractivity contribution < 1.29 is 4.74 Å². The van der Waals surface area contributed by atoms with Gasteiger partial charge in [-0.15, -0.1) is 0 Å². The van der Waals surface area contributed by atoms with Crippen LogP contribution in [0.2, 0.25) is 0 Å². The highest BCUT2D eigenvalue weighted by Gasteiger charge is 2.42. The second kappa shape index (κ2) is 9.50. The minimum atomic E-state index is 0.0139. The minimum absolute atomic E-state index is 0.0139. The zero-order valence-electron chi connectivity index (χ0n) is 23.9. The summed E-state index contributed by atoms with van der Waals surface area (Å²) in [5, 5.41) is 4.64. The molecule has 7 aromatic rings. The van der Waals surface area contributed by atoms with Gasteiger partial charge in [0, 0.05) is 39.1 Å². The molecule has 3 heteroatoms. The highest BCUT2D eigenvalue weighted by Crippen LogP contribution is 2.55. The Morgan fingerprint density at radius 3 is 2.16 bits per heavy atom. The molecule has 1 aliphatic heterocycles. The van der Waals surface area contributed by atoms with Gasteiger partial charge in [0.1, 0.15) is 11.5 Å². The number of benzene rings is 5. The molecule has 0 amide bonds. The highest BCUT2D eigenvalue weighted by molar-refractivity contribution is 6.07. The van der Waals surface area contributed by atoms with Gasteiger partial charge in [-0.25, -0.2) is 4.98 Å². The number of ether oxygens (including phenoxy) is 1. The van der Waals surface area contributed by atoms with E-state index in [-0.39, 0.29) is 5.41 Å². The number of para-hydroxylation sites is 1. The molecule has 1 aliphatic carbocycles. The van der Waals surface area contributed by atoms with Crippen molar-refractivity contribution in [1.29, 1.82) is 0 Å². The van der Waals surface area contributed by atoms with Crippen molar-refractivity contribution in [3.8, 4) is 33.9 Å². The Hall–Kier alpha value is -5.02. The average molecular weight is 555 g/mol. The van der Waals surface area contributed by atoms with Gasteiger partial charge in [-0.3, -0.25) is 4.98 Å². The Morgan fingerprint density at radius 2 is 1.28 bits per heavy atom. The van der Waals surface area contributed by atoms with E-state index in [4.69, 9.17) is 9.72 Å². The van der Waals surface area contributed by atoms with Gasteiger partial charge in [0.15, 0.2) is 0 Å². The van der Waals surface area contributed by atoms with Gasteiger partial charge in [-0.05, 0) is 65.1 Å². The third-order valence-electron chi connectivity index (χ3n) is 9.77. The Labute approximate surface area is 250 Å². The van der Waals surface area contributed by atoms with E-state index in [0.29, 0.717) is 0 Å². The van der Waals surface area contributed by atoms with E-state index in [1.54, 1.807) is 0 Å². The molecule has 1 saturated carbocycles. The molecule has 9 rings (SSSR count). The molecule has 206 valence electrons. The van der Waals surface area contributed by atoms with Gasteiger partial charge in [-0.2, -0.15) is 0 Å². The van der Waals surface area contributed by atoms with Crippen molar-refractivity contribution in [2.45, 2.75) is 37.5 Å². The van der Waals surface area contributed by atoms with E-state index in [1.807, 2.05) is 12.3 Å². The molecule has 43 heavy (non-hydrogen) atoms. The van der Waals surface area contributed by atoms with Gasteiger partial charge < -0.3 is 4.74 Å². The van der Waals surface area contributed by atoms with Crippen molar-refractivity contribution >= 4 is 32.6 Å². The topological polar surface area (TPSA) is 35.0 Å². The van der Waals surface area contributed by atoms with Crippen LogP contribution in [0.3, 0.4) is 0 Å². The monoisotopic (exact) mass is 554 g/mol. The van der Waals surface area contributed by atoms with Crippen LogP contribution in [-0.2, 0) is 5.41 Å². The lowest BCUT2D eigenvalue weighted by Gasteiger charge is -2.43. The lowest BCUT2D eigenvalue weighted by Crippen LogP contribution is -2.33. The normalized spacial score (nSPS) is 15.3. The number of aromatic nitrogens is 2. The summed E-state index contributed by atoms with van der Waals surface area (Å²) in [6.45, 7) is 0. The van der Waals surface area contributed by atoms with Crippen LogP contribution < -0.4 is 4.74 Å². The average Bonchev–Trinajstić information content (AvgIpc) is 3.08. The van der Waals surface area contributed by atoms with Crippen LogP contribution in [0.25, 0.3) is 55.0 Å². The number of hydrogen-bond acceptors (Lipinski definition) is 3. The number of nitrogens with zero attached hydrogens (tertiary/aromatic N) is 2. The molecule has 3 heterocycles. The van der Waals surface area contributed by atoms with Crippen LogP contribution in [0.1, 0.15) is 43.2 Å². The maximum absolute atomic E-state index is 6.51. The third kappa shape index (κ3) is 3.74. The predicted octanol–water partition coefficient (Wildman–Crippen LogP) is 10.6. The van der Waals surface area contributed by atoms with Gasteiger partial charge in [0.05, 0.1) is 16.7 Å². The summed E-state index contributed by atoms with van der Waals surface area (Å²) < 4.78 is 6.51. The van der Waals surface area contributed by atoms with Crippen molar-refractivity contribution in [3.05, 3.63) is 133 Å². The van der Waals surface area contributed by atoms with Gasteiger partial charge in [-0.1, -0.05) is 104 Å². The fourth-order valence-electron chi connectivity index (χ4n) is 7.72. The SMILES string of the molecule is c1ccc2c(c1)Oc1ccc(-c3ccc(-c4ccc5ccc6cccnc6c5n4)c4ccccc34)cc1C21CCCCC1. The van der Waals surface area contributed by atoms with Gasteiger partial charge in [0.2, 0.25) is 0 Å². The summed E-state index contributed by atoms with van der Waals surface area (Å²) in [6.07, 6.45) is 7.99. The third-order valence-corrected chi connectivity index (χ3v) is 9.77. The molecule has 0 unspecified atom stereocenters. The predicted molar refractivity (Wildman–Crippen MR) is 176 cm³/mol. The smallest absolute Gasteiger partial charge is 0.131 e. The molecule has 0 radical (unpaired) electrons. The Morgan fingerprint density at radius 1 is 0.558 bits per heavy atom. The summed E-state index contributed by atoms with van der Waals surface area (Å²) in [6, 6.07) is 41.4. The number of fused-ring (bicyclic) bond motifs is 8. The number of hydrogen-bond donors (Lipinski definition) is 0. The van der Waals surface area contributed by atoms with E-state index < -0.39 is 0 Å². The van der Waals surface area contributed by atoms with Crippen molar-refractivity contribution in [1.82, 2.24) is 9.97 Å². The van der Waals surface area contributed by atoms with Crippen molar-refractivity contribution in [2.24, 2.45) is 0 Å². The molecule has 0 bridgehead atoms. The van der Waals surface area contributed by atoms with E-state index in [9.17, 15) is 0 Å². The fourth-order valence-corrected chi connectivity index (χ4v) is 7.72. The summed E-state index contributed by atoms with van der Waals surface area (Å²) in [5.74, 6) is 2.02. The summed E-state index contributed by atoms with van der Waals surface area (Å²) >= 11 is 0. The molecule has 0 N–H and O–H groups in total. The van der Waals surface area contributed by atoms with Crippen LogP contribution >= 0.6 is 0 Å². The number of pyridine rings is 2. The van der Waals surface area contributed by atoms with Gasteiger partial charge in [0.25, 0.3) is 0 Å². The second-order valence-electron chi connectivity index (χ2n) is 12.1. The summed E-state index contributed by atoms with van der Waals surface area (Å²) in [5.41, 5.74) is 9.15. The quantitative estimate of drug-likeness (QED) is 0.199. The highest BCUT2D eigenvalue weighted by atomic mass is 16.5. The van der Waals surface area contributed by atoms with Crippen LogP contribution in [-0.4, -0.2) is 9.97 Å². The maximum atomic E-state index is 6.51. The molecule has 3 nitrogen and oxygen atoms in total. The Balaban J connectivity index is 1.21. The molecule has 1 spiro atoms. The van der Waals surface area contributed by atoms with E-state index in [2.05, 4.69) is 114 Å². The van der Waals surface area contributed by atoms with E-state index in [1.165, 1.54) is 65.1 Å². The summed E-state index contributed by atoms with van der Waals surface area (Å²) in [4.78, 5) is 9.86. The number of rotatable bonds is 2. The first-order chi connectivity index (χ1) is 21.3. The molecule has 2 aromatic heterocycles. The molecule has 2 aliphatic rings. The van der Waals surface area contributed by atoms with Crippen molar-refractivity contribution in [2.75, 3.05) is 0 Å². The second-order valence-corrected chi connectivity index (χ2v) is 12.1. The van der Waals surface area contributed by atoms with Crippen LogP contribution in [0.15, 0.2) is 121 Å². The van der Waals surface area contributed by atoms with Crippen LogP contribution in [0.5, 0.6) is 11.5 Å². The van der Waals surface area contributed by atoms with Crippen LogP contribution in [0.4, 0.5) is 0 Å². The molecule has 1 fully saturated rings. The molecular formula is C40H30N2O. The maximum Gasteiger partial charge on any atom is 0.131 e. The lowest BCUT2D eigenvalue weighted by molar-refractivity contribution is 0.306. The lowest BCUT2D eigenvalue weighted by atomic mass is 9.63. The molecule has 5 aromatic carbocycles. The van der Waals surface area contributed by atoms with E-state index in [0.717, 1.165) is 44.6 Å². The minimum Gasteiger partial charge on any atom is -0.457 e. The Bertz CT molecular complexity index is 2210. The van der Waals surface area contributed by atoms with E-state index >= 15 is 0 Å². The Kier molecular flexibility index (Phi) is 5.43.